The Labute approximate surface area is 139 Å². The molecule has 0 saturated heterocycles. The van der Waals surface area contributed by atoms with Crippen LogP contribution in [0.4, 0.5) is 5.82 Å². The van der Waals surface area contributed by atoms with Gasteiger partial charge < -0.3 is 5.32 Å². The summed E-state index contributed by atoms with van der Waals surface area (Å²) in [6.45, 7) is 3.87. The number of rotatable bonds is 5. The van der Waals surface area contributed by atoms with Crippen molar-refractivity contribution in [2.45, 2.75) is 39.5 Å². The molecule has 0 aliphatic heterocycles. The molecule has 7 heteroatoms. The molecule has 0 fully saturated rings. The molecule has 0 aliphatic rings. The summed E-state index contributed by atoms with van der Waals surface area (Å²) in [7, 11) is 0. The second kappa shape index (κ2) is 9.43. The number of nitrogens with one attached hydrogen (secondary N) is 2. The summed E-state index contributed by atoms with van der Waals surface area (Å²) < 4.78 is 0. The van der Waals surface area contributed by atoms with Crippen molar-refractivity contribution in [3.05, 3.63) is 23.2 Å². The van der Waals surface area contributed by atoms with E-state index in [2.05, 4.69) is 15.5 Å². The van der Waals surface area contributed by atoms with Gasteiger partial charge in [-0.25, -0.2) is 0 Å². The number of amides is 1. The first-order chi connectivity index (χ1) is 10.5. The number of nitrogens with zero attached hydrogens (tertiary/aromatic N) is 1. The molecule has 0 atom stereocenters. The molecule has 1 aromatic heterocycles. The zero-order chi connectivity index (χ0) is 16.5. The zero-order valence-electron chi connectivity index (χ0n) is 12.6. The number of aromatic nitrogens is 2. The maximum atomic E-state index is 11.5. The third-order valence-electron chi connectivity index (χ3n) is 2.72. The van der Waals surface area contributed by atoms with Crippen LogP contribution < -0.4 is 5.32 Å². The molecule has 0 aliphatic carbocycles. The van der Waals surface area contributed by atoms with Gasteiger partial charge in [-0.1, -0.05) is 31.5 Å². The molecule has 2 rings (SSSR count). The van der Waals surface area contributed by atoms with E-state index in [9.17, 15) is 9.59 Å². The summed E-state index contributed by atoms with van der Waals surface area (Å²) in [6.07, 6.45) is 2.64. The SMILES string of the molecule is CCCC(=O)Cl.CCCC(=O)Nc1n[nH]c2cccc(Cl)c12. The lowest BCUT2D eigenvalue weighted by molar-refractivity contribution is -0.116. The van der Waals surface area contributed by atoms with Crippen LogP contribution in [0.2, 0.25) is 5.02 Å². The van der Waals surface area contributed by atoms with Gasteiger partial charge in [0.2, 0.25) is 11.1 Å². The van der Waals surface area contributed by atoms with Crippen LogP contribution in [0.5, 0.6) is 0 Å². The molecule has 22 heavy (non-hydrogen) atoms. The summed E-state index contributed by atoms with van der Waals surface area (Å²) in [5.74, 6) is 0.454. The third kappa shape index (κ3) is 5.66. The van der Waals surface area contributed by atoms with Gasteiger partial charge >= 0.3 is 0 Å². The van der Waals surface area contributed by atoms with Crippen molar-refractivity contribution >= 4 is 51.1 Å². The van der Waals surface area contributed by atoms with Crippen molar-refractivity contribution < 1.29 is 9.59 Å². The number of carbonyl (C=O) groups is 2. The zero-order valence-corrected chi connectivity index (χ0v) is 14.1. The maximum Gasteiger partial charge on any atom is 0.225 e. The second-order valence-corrected chi connectivity index (χ2v) is 5.47. The van der Waals surface area contributed by atoms with Crippen LogP contribution in [0.1, 0.15) is 39.5 Å². The summed E-state index contributed by atoms with van der Waals surface area (Å²) in [6, 6.07) is 5.47. The van der Waals surface area contributed by atoms with Crippen LogP contribution in [0.25, 0.3) is 10.9 Å². The largest absolute Gasteiger partial charge is 0.309 e. The Hall–Kier alpha value is -1.59. The van der Waals surface area contributed by atoms with Crippen molar-refractivity contribution in [1.82, 2.24) is 10.2 Å². The van der Waals surface area contributed by atoms with Gasteiger partial charge in [0.05, 0.1) is 15.9 Å². The van der Waals surface area contributed by atoms with Gasteiger partial charge in [0, 0.05) is 12.8 Å². The Balaban J connectivity index is 0.000000346. The van der Waals surface area contributed by atoms with Gasteiger partial charge in [0.25, 0.3) is 0 Å². The molecule has 0 spiro atoms. The molecule has 2 N–H and O–H groups in total. The quantitative estimate of drug-likeness (QED) is 0.784. The molecular formula is C15H19Cl2N3O2. The van der Waals surface area contributed by atoms with E-state index in [-0.39, 0.29) is 11.1 Å². The molecule has 1 heterocycles. The van der Waals surface area contributed by atoms with E-state index >= 15 is 0 Å². The highest BCUT2D eigenvalue weighted by atomic mass is 35.5. The van der Waals surface area contributed by atoms with E-state index in [1.807, 2.05) is 26.0 Å². The smallest absolute Gasteiger partial charge is 0.225 e. The van der Waals surface area contributed by atoms with E-state index in [1.54, 1.807) is 6.07 Å². The van der Waals surface area contributed by atoms with Gasteiger partial charge in [-0.15, -0.1) is 0 Å². The molecule has 0 radical (unpaired) electrons. The topological polar surface area (TPSA) is 74.8 Å². The molecule has 1 amide bonds. The Kier molecular flexibility index (Phi) is 7.91. The summed E-state index contributed by atoms with van der Waals surface area (Å²) in [4.78, 5) is 21.3. The minimum absolute atomic E-state index is 0.0455. The van der Waals surface area contributed by atoms with Crippen LogP contribution in [0.15, 0.2) is 18.2 Å². The van der Waals surface area contributed by atoms with E-state index in [4.69, 9.17) is 23.2 Å². The minimum Gasteiger partial charge on any atom is -0.309 e. The number of hydrogen-bond acceptors (Lipinski definition) is 3. The van der Waals surface area contributed by atoms with Crippen LogP contribution in [0, 0.1) is 0 Å². The van der Waals surface area contributed by atoms with Gasteiger partial charge in [-0.2, -0.15) is 5.10 Å². The van der Waals surface area contributed by atoms with Crippen molar-refractivity contribution in [3.63, 3.8) is 0 Å². The molecule has 5 nitrogen and oxygen atoms in total. The van der Waals surface area contributed by atoms with Gasteiger partial charge in [-0.3, -0.25) is 14.7 Å². The molecule has 120 valence electrons. The monoisotopic (exact) mass is 343 g/mol. The number of carbonyl (C=O) groups excluding carboxylic acids is 2. The highest BCUT2D eigenvalue weighted by Gasteiger charge is 2.11. The van der Waals surface area contributed by atoms with Crippen molar-refractivity contribution in [1.29, 1.82) is 0 Å². The number of H-pyrrole nitrogens is 1. The normalized spacial score (nSPS) is 10.0. The average molecular weight is 344 g/mol. The summed E-state index contributed by atoms with van der Waals surface area (Å²) >= 11 is 11.0. The van der Waals surface area contributed by atoms with Gasteiger partial charge in [0.15, 0.2) is 5.82 Å². The first kappa shape index (κ1) is 18.5. The van der Waals surface area contributed by atoms with E-state index < -0.39 is 0 Å². The number of anilines is 1. The predicted octanol–water partition coefficient (Wildman–Crippen LogP) is 4.51. The second-order valence-electron chi connectivity index (χ2n) is 4.64. The molecule has 0 saturated carbocycles. The molecule has 1 aromatic carbocycles. The highest BCUT2D eigenvalue weighted by molar-refractivity contribution is 6.63. The number of benzene rings is 1. The highest BCUT2D eigenvalue weighted by Crippen LogP contribution is 2.28. The lowest BCUT2D eigenvalue weighted by Gasteiger charge is -2.01. The molecular weight excluding hydrogens is 325 g/mol. The van der Waals surface area contributed by atoms with Gasteiger partial charge in [0.1, 0.15) is 0 Å². The lowest BCUT2D eigenvalue weighted by Crippen LogP contribution is -2.11. The van der Waals surface area contributed by atoms with Crippen LogP contribution in [-0.4, -0.2) is 21.3 Å². The Morgan fingerprint density at radius 3 is 2.45 bits per heavy atom. The van der Waals surface area contributed by atoms with E-state index in [0.29, 0.717) is 23.7 Å². The van der Waals surface area contributed by atoms with E-state index in [0.717, 1.165) is 23.7 Å². The first-order valence-electron chi connectivity index (χ1n) is 7.10. The fourth-order valence-corrected chi connectivity index (χ4v) is 2.19. The lowest BCUT2D eigenvalue weighted by atomic mass is 10.2. The molecule has 0 unspecified atom stereocenters. The Morgan fingerprint density at radius 2 is 1.91 bits per heavy atom. The number of halogens is 2. The average Bonchev–Trinajstić information content (AvgIpc) is 2.84. The number of hydrogen-bond donors (Lipinski definition) is 2. The predicted molar refractivity (Wildman–Crippen MR) is 90.4 cm³/mol. The van der Waals surface area contributed by atoms with Crippen LogP contribution >= 0.6 is 23.2 Å². The van der Waals surface area contributed by atoms with Crippen LogP contribution in [0.3, 0.4) is 0 Å². The van der Waals surface area contributed by atoms with Crippen LogP contribution in [-0.2, 0) is 9.59 Å². The fourth-order valence-electron chi connectivity index (χ4n) is 1.74. The molecule has 0 bridgehead atoms. The van der Waals surface area contributed by atoms with E-state index in [1.165, 1.54) is 0 Å². The number of fused-ring (bicyclic) bond motifs is 1. The third-order valence-corrected chi connectivity index (χ3v) is 3.22. The Bertz CT molecular complexity index is 641. The standard InChI is InChI=1S/C11H12ClN3O.C4H7ClO/c1-2-4-9(16)13-11-10-7(12)5-3-6-8(10)14-15-11;1-2-3-4(5)6/h3,5-6H,2,4H2,1H3,(H2,13,14,15,16);2-3H2,1H3. The Morgan fingerprint density at radius 1 is 1.23 bits per heavy atom. The van der Waals surface area contributed by atoms with Crippen molar-refractivity contribution in [2.75, 3.05) is 5.32 Å². The van der Waals surface area contributed by atoms with Gasteiger partial charge in [-0.05, 0) is 36.6 Å². The summed E-state index contributed by atoms with van der Waals surface area (Å²) in [5.41, 5.74) is 0.819. The minimum atomic E-state index is -0.238. The van der Waals surface area contributed by atoms with Crippen molar-refractivity contribution in [3.8, 4) is 0 Å². The van der Waals surface area contributed by atoms with Crippen molar-refractivity contribution in [2.24, 2.45) is 0 Å². The molecule has 2 aromatic rings. The maximum absolute atomic E-state index is 11.5. The number of aromatic amines is 1. The fraction of sp³-hybridized carbons (Fsp3) is 0.400. The summed E-state index contributed by atoms with van der Waals surface area (Å²) in [5, 5.41) is 10.7. The first-order valence-corrected chi connectivity index (χ1v) is 7.85.